The van der Waals surface area contributed by atoms with Gasteiger partial charge >= 0.3 is 0 Å². The zero-order valence-electron chi connectivity index (χ0n) is 17.4. The maximum atomic E-state index is 12.4. The van der Waals surface area contributed by atoms with Crippen molar-refractivity contribution in [1.29, 1.82) is 0 Å². The molecular weight excluding hydrogens is 390 g/mol. The second-order valence-corrected chi connectivity index (χ2v) is 8.88. The lowest BCUT2D eigenvalue weighted by Crippen LogP contribution is -2.41. The van der Waals surface area contributed by atoms with Gasteiger partial charge in [0.1, 0.15) is 0 Å². The average molecular weight is 418 g/mol. The summed E-state index contributed by atoms with van der Waals surface area (Å²) >= 11 is 0. The van der Waals surface area contributed by atoms with E-state index in [1.807, 2.05) is 39.8 Å². The summed E-state index contributed by atoms with van der Waals surface area (Å²) in [6.45, 7) is 6.95. The molecule has 156 valence electrons. The van der Waals surface area contributed by atoms with Gasteiger partial charge in [0, 0.05) is 12.7 Å². The highest BCUT2D eigenvalue weighted by atomic mass is 32.2. The van der Waals surface area contributed by atoms with E-state index in [2.05, 4.69) is 10.0 Å². The second kappa shape index (κ2) is 9.19. The Kier molecular flexibility index (Phi) is 7.16. The van der Waals surface area contributed by atoms with Crippen molar-refractivity contribution >= 4 is 27.5 Å². The Labute approximate surface area is 172 Å². The quantitative estimate of drug-likeness (QED) is 0.723. The van der Waals surface area contributed by atoms with E-state index in [1.165, 1.54) is 18.0 Å². The maximum absolute atomic E-state index is 12.4. The minimum absolute atomic E-state index is 0.101. The van der Waals surface area contributed by atoms with E-state index >= 15 is 0 Å². The number of carbonyl (C=O) groups is 2. The molecule has 2 aromatic rings. The SMILES string of the molecule is Cc1ccc(S(=O)(=O)NCC(=O)N(C)CC(=O)Nc2cccc(C)c2C)cc1C. The Morgan fingerprint density at radius 1 is 0.966 bits per heavy atom. The van der Waals surface area contributed by atoms with E-state index in [-0.39, 0.29) is 17.3 Å². The molecule has 0 saturated carbocycles. The third kappa shape index (κ3) is 5.88. The van der Waals surface area contributed by atoms with Crippen molar-refractivity contribution in [2.75, 3.05) is 25.5 Å². The molecule has 8 heteroatoms. The highest BCUT2D eigenvalue weighted by Gasteiger charge is 2.19. The van der Waals surface area contributed by atoms with Crippen LogP contribution in [0.1, 0.15) is 22.3 Å². The summed E-state index contributed by atoms with van der Waals surface area (Å²) in [5.74, 6) is -0.861. The first kappa shape index (κ1) is 22.6. The molecule has 0 spiro atoms. The van der Waals surface area contributed by atoms with Gasteiger partial charge in [-0.3, -0.25) is 9.59 Å². The zero-order chi connectivity index (χ0) is 21.8. The molecule has 2 aromatic carbocycles. The Hall–Kier alpha value is -2.71. The second-order valence-electron chi connectivity index (χ2n) is 7.12. The zero-order valence-corrected chi connectivity index (χ0v) is 18.2. The number of hydrogen-bond donors (Lipinski definition) is 2. The highest BCUT2D eigenvalue weighted by Crippen LogP contribution is 2.18. The summed E-state index contributed by atoms with van der Waals surface area (Å²) in [4.78, 5) is 25.8. The van der Waals surface area contributed by atoms with Crippen LogP contribution in [0, 0.1) is 27.7 Å². The lowest BCUT2D eigenvalue weighted by atomic mass is 10.1. The summed E-state index contributed by atoms with van der Waals surface area (Å²) in [6.07, 6.45) is 0. The van der Waals surface area contributed by atoms with Crippen molar-refractivity contribution in [2.24, 2.45) is 0 Å². The lowest BCUT2D eigenvalue weighted by Gasteiger charge is -2.18. The van der Waals surface area contributed by atoms with Crippen LogP contribution in [0.15, 0.2) is 41.3 Å². The summed E-state index contributed by atoms with van der Waals surface area (Å²) in [5, 5.41) is 2.78. The van der Waals surface area contributed by atoms with Crippen molar-refractivity contribution in [3.63, 3.8) is 0 Å². The highest BCUT2D eigenvalue weighted by molar-refractivity contribution is 7.89. The number of likely N-dealkylation sites (N-methyl/N-ethyl adjacent to an activating group) is 1. The molecule has 2 rings (SSSR count). The Balaban J connectivity index is 1.93. The molecule has 2 amide bonds. The largest absolute Gasteiger partial charge is 0.335 e. The number of rotatable bonds is 7. The average Bonchev–Trinajstić information content (AvgIpc) is 2.65. The van der Waals surface area contributed by atoms with Gasteiger partial charge in [-0.25, -0.2) is 13.1 Å². The van der Waals surface area contributed by atoms with Crippen molar-refractivity contribution in [3.05, 3.63) is 58.7 Å². The minimum Gasteiger partial charge on any atom is -0.335 e. The molecule has 0 heterocycles. The third-order valence-corrected chi connectivity index (χ3v) is 6.29. The van der Waals surface area contributed by atoms with Crippen LogP contribution in [0.3, 0.4) is 0 Å². The fraction of sp³-hybridized carbons (Fsp3) is 0.333. The summed E-state index contributed by atoms with van der Waals surface area (Å²) in [5.41, 5.74) is 4.52. The number of sulfonamides is 1. The number of aryl methyl sites for hydroxylation is 3. The van der Waals surface area contributed by atoms with Crippen molar-refractivity contribution < 1.29 is 18.0 Å². The maximum Gasteiger partial charge on any atom is 0.243 e. The molecule has 2 N–H and O–H groups in total. The molecular formula is C21H27N3O4S. The number of nitrogens with one attached hydrogen (secondary N) is 2. The third-order valence-electron chi connectivity index (χ3n) is 4.89. The lowest BCUT2D eigenvalue weighted by molar-refractivity contribution is -0.132. The van der Waals surface area contributed by atoms with E-state index in [9.17, 15) is 18.0 Å². The van der Waals surface area contributed by atoms with Crippen LogP contribution >= 0.6 is 0 Å². The van der Waals surface area contributed by atoms with Crippen LogP contribution in [0.5, 0.6) is 0 Å². The Morgan fingerprint density at radius 2 is 1.66 bits per heavy atom. The number of hydrogen-bond acceptors (Lipinski definition) is 4. The molecule has 0 saturated heterocycles. The number of anilines is 1. The van der Waals surface area contributed by atoms with Crippen molar-refractivity contribution in [3.8, 4) is 0 Å². The van der Waals surface area contributed by atoms with Crippen LogP contribution in [0.2, 0.25) is 0 Å². The van der Waals surface area contributed by atoms with E-state index in [1.54, 1.807) is 18.2 Å². The van der Waals surface area contributed by atoms with Gasteiger partial charge in [0.25, 0.3) is 0 Å². The summed E-state index contributed by atoms with van der Waals surface area (Å²) < 4.78 is 27.1. The van der Waals surface area contributed by atoms with Gasteiger partial charge in [0.05, 0.1) is 18.0 Å². The Morgan fingerprint density at radius 3 is 2.31 bits per heavy atom. The van der Waals surface area contributed by atoms with Gasteiger partial charge in [-0.05, 0) is 68.1 Å². The fourth-order valence-electron chi connectivity index (χ4n) is 2.64. The molecule has 0 radical (unpaired) electrons. The normalized spacial score (nSPS) is 11.2. The predicted molar refractivity (Wildman–Crippen MR) is 113 cm³/mol. The monoisotopic (exact) mass is 417 g/mol. The van der Waals surface area contributed by atoms with E-state index < -0.39 is 22.5 Å². The van der Waals surface area contributed by atoms with E-state index in [4.69, 9.17) is 0 Å². The number of benzene rings is 2. The van der Waals surface area contributed by atoms with Gasteiger partial charge in [0.2, 0.25) is 21.8 Å². The fourth-order valence-corrected chi connectivity index (χ4v) is 3.70. The van der Waals surface area contributed by atoms with Crippen LogP contribution in [0.25, 0.3) is 0 Å². The molecule has 29 heavy (non-hydrogen) atoms. The first-order chi connectivity index (χ1) is 13.5. The van der Waals surface area contributed by atoms with Crippen LogP contribution in [-0.2, 0) is 19.6 Å². The first-order valence-electron chi connectivity index (χ1n) is 9.18. The topological polar surface area (TPSA) is 95.6 Å². The number of nitrogens with zero attached hydrogens (tertiary/aromatic N) is 1. The van der Waals surface area contributed by atoms with Gasteiger partial charge in [-0.2, -0.15) is 0 Å². The standard InChI is InChI=1S/C21H27N3O4S/c1-14-9-10-18(11-16(14)3)29(27,28)22-12-21(26)24(5)13-20(25)23-19-8-6-7-15(2)17(19)4/h6-11,22H,12-13H2,1-5H3,(H,23,25). The van der Waals surface area contributed by atoms with Crippen molar-refractivity contribution in [1.82, 2.24) is 9.62 Å². The van der Waals surface area contributed by atoms with Gasteiger partial charge in [-0.15, -0.1) is 0 Å². The summed E-state index contributed by atoms with van der Waals surface area (Å²) in [6, 6.07) is 10.4. The molecule has 0 unspecified atom stereocenters. The van der Waals surface area contributed by atoms with Gasteiger partial charge < -0.3 is 10.2 Å². The smallest absolute Gasteiger partial charge is 0.243 e. The van der Waals surface area contributed by atoms with E-state index in [0.29, 0.717) is 5.69 Å². The molecule has 0 aliphatic carbocycles. The molecule has 7 nitrogen and oxygen atoms in total. The van der Waals surface area contributed by atoms with Crippen LogP contribution in [-0.4, -0.2) is 45.3 Å². The van der Waals surface area contributed by atoms with Gasteiger partial charge in [-0.1, -0.05) is 18.2 Å². The van der Waals surface area contributed by atoms with E-state index in [0.717, 1.165) is 22.3 Å². The number of amides is 2. The van der Waals surface area contributed by atoms with Crippen LogP contribution in [0.4, 0.5) is 5.69 Å². The molecule has 0 atom stereocenters. The minimum atomic E-state index is -3.81. The molecule has 0 bridgehead atoms. The summed E-state index contributed by atoms with van der Waals surface area (Å²) in [7, 11) is -2.36. The molecule has 0 fully saturated rings. The van der Waals surface area contributed by atoms with Crippen molar-refractivity contribution in [2.45, 2.75) is 32.6 Å². The predicted octanol–water partition coefficient (Wildman–Crippen LogP) is 2.30. The van der Waals surface area contributed by atoms with Crippen LogP contribution < -0.4 is 10.0 Å². The molecule has 0 aliphatic rings. The number of carbonyl (C=O) groups excluding carboxylic acids is 2. The Bertz CT molecular complexity index is 1030. The molecule has 0 aliphatic heterocycles. The first-order valence-corrected chi connectivity index (χ1v) is 10.7. The van der Waals surface area contributed by atoms with Gasteiger partial charge in [0.15, 0.2) is 0 Å². The molecule has 0 aromatic heterocycles.